The van der Waals surface area contributed by atoms with Crippen LogP contribution < -0.4 is 10.1 Å². The predicted molar refractivity (Wildman–Crippen MR) is 112 cm³/mol. The predicted octanol–water partition coefficient (Wildman–Crippen LogP) is 5.15. The topological polar surface area (TPSA) is 68.3 Å². The Morgan fingerprint density at radius 1 is 1.07 bits per heavy atom. The molecule has 2 aromatic carbocycles. The van der Waals surface area contributed by atoms with E-state index in [0.717, 1.165) is 11.1 Å². The van der Waals surface area contributed by atoms with Gasteiger partial charge in [0.2, 0.25) is 0 Å². The highest BCUT2D eigenvalue weighted by Crippen LogP contribution is 2.31. The Labute approximate surface area is 168 Å². The summed E-state index contributed by atoms with van der Waals surface area (Å²) in [6.07, 6.45) is 0. The van der Waals surface area contributed by atoms with E-state index in [-0.39, 0.29) is 18.3 Å². The molecule has 5 nitrogen and oxygen atoms in total. The number of para-hydroxylation sites is 1. The lowest BCUT2D eigenvalue weighted by molar-refractivity contribution is -0.118. The highest BCUT2D eigenvalue weighted by Gasteiger charge is 2.18. The summed E-state index contributed by atoms with van der Waals surface area (Å²) in [7, 11) is 0. The van der Waals surface area contributed by atoms with Gasteiger partial charge in [0, 0.05) is 12.5 Å². The van der Waals surface area contributed by atoms with Crippen molar-refractivity contribution in [1.29, 1.82) is 0 Å². The van der Waals surface area contributed by atoms with Crippen LogP contribution in [0.3, 0.4) is 0 Å². The molecule has 0 saturated heterocycles. The first-order valence-corrected chi connectivity index (χ1v) is 9.86. The Bertz CT molecular complexity index is 980. The van der Waals surface area contributed by atoms with E-state index in [1.165, 1.54) is 18.3 Å². The number of hydrogen-bond acceptors (Lipinski definition) is 5. The lowest BCUT2D eigenvalue weighted by Crippen LogP contribution is -2.20. The zero-order valence-corrected chi connectivity index (χ0v) is 16.9. The molecule has 0 aliphatic heterocycles. The molecule has 1 N–H and O–H groups in total. The van der Waals surface area contributed by atoms with Gasteiger partial charge in [0.25, 0.3) is 5.91 Å². The second-order valence-corrected chi connectivity index (χ2v) is 7.65. The molecule has 0 aliphatic rings. The fourth-order valence-electron chi connectivity index (χ4n) is 2.79. The summed E-state index contributed by atoms with van der Waals surface area (Å²) in [6, 6.07) is 17.1. The smallest absolute Gasteiger partial charge is 0.264 e. The van der Waals surface area contributed by atoms with Crippen LogP contribution in [0, 0.1) is 0 Å². The quantitative estimate of drug-likeness (QED) is 0.563. The molecule has 0 bridgehead atoms. The van der Waals surface area contributed by atoms with Gasteiger partial charge in [-0.05, 0) is 17.5 Å². The van der Waals surface area contributed by atoms with Crippen molar-refractivity contribution in [3.05, 3.63) is 65.0 Å². The van der Waals surface area contributed by atoms with E-state index in [4.69, 9.17) is 4.74 Å². The fourth-order valence-corrected chi connectivity index (χ4v) is 3.69. The minimum Gasteiger partial charge on any atom is -0.483 e. The van der Waals surface area contributed by atoms with Crippen molar-refractivity contribution in [2.24, 2.45) is 0 Å². The maximum atomic E-state index is 12.3. The molecule has 0 saturated carbocycles. The van der Waals surface area contributed by atoms with Crippen LogP contribution in [0.5, 0.6) is 5.75 Å². The minimum atomic E-state index is -0.318. The highest BCUT2D eigenvalue weighted by atomic mass is 32.1. The summed E-state index contributed by atoms with van der Waals surface area (Å²) in [5.74, 6) is 0.590. The summed E-state index contributed by atoms with van der Waals surface area (Å²) in [5, 5.41) is 3.12. The number of amides is 1. The Balaban J connectivity index is 1.72. The molecular weight excluding hydrogens is 372 g/mol. The zero-order valence-electron chi connectivity index (χ0n) is 16.1. The van der Waals surface area contributed by atoms with Crippen LogP contribution in [0.4, 0.5) is 5.13 Å². The van der Waals surface area contributed by atoms with Crippen LogP contribution in [0.15, 0.2) is 54.6 Å². The largest absolute Gasteiger partial charge is 0.483 e. The summed E-state index contributed by atoms with van der Waals surface area (Å²) in [4.78, 5) is 29.3. The van der Waals surface area contributed by atoms with Gasteiger partial charge in [-0.3, -0.25) is 14.9 Å². The number of benzene rings is 2. The third-order valence-electron chi connectivity index (χ3n) is 4.14. The molecule has 0 spiro atoms. The van der Waals surface area contributed by atoms with E-state index in [9.17, 15) is 9.59 Å². The number of ketones is 1. The number of nitrogens with zero attached hydrogens (tertiary/aromatic N) is 1. The Kier molecular flexibility index (Phi) is 6.21. The van der Waals surface area contributed by atoms with Crippen molar-refractivity contribution >= 4 is 28.2 Å². The second kappa shape index (κ2) is 8.80. The lowest BCUT2D eigenvalue weighted by Gasteiger charge is -2.13. The maximum absolute atomic E-state index is 12.3. The first-order chi connectivity index (χ1) is 13.5. The molecule has 3 aromatic rings. The average molecular weight is 394 g/mol. The van der Waals surface area contributed by atoms with Crippen molar-refractivity contribution in [2.45, 2.75) is 26.7 Å². The van der Waals surface area contributed by atoms with Crippen molar-refractivity contribution in [1.82, 2.24) is 4.98 Å². The van der Waals surface area contributed by atoms with Crippen LogP contribution in [0.25, 0.3) is 11.3 Å². The highest BCUT2D eigenvalue weighted by molar-refractivity contribution is 7.18. The molecule has 28 heavy (non-hydrogen) atoms. The molecular formula is C22H22N2O3S. The van der Waals surface area contributed by atoms with Gasteiger partial charge in [0.1, 0.15) is 5.75 Å². The van der Waals surface area contributed by atoms with Crippen molar-refractivity contribution in [3.63, 3.8) is 0 Å². The molecule has 144 valence electrons. The average Bonchev–Trinajstić information content (AvgIpc) is 3.11. The fraction of sp³-hybridized carbons (Fsp3) is 0.227. The van der Waals surface area contributed by atoms with E-state index >= 15 is 0 Å². The zero-order chi connectivity index (χ0) is 20.1. The third kappa shape index (κ3) is 4.64. The lowest BCUT2D eigenvalue weighted by atomic mass is 10.0. The number of Topliss-reactive ketones (excluding diaryl/α,β-unsaturated/α-hetero) is 1. The first kappa shape index (κ1) is 19.8. The molecule has 3 rings (SSSR count). The van der Waals surface area contributed by atoms with Gasteiger partial charge < -0.3 is 4.74 Å². The molecule has 0 fully saturated rings. The Morgan fingerprint density at radius 2 is 1.75 bits per heavy atom. The standard InChI is InChI=1S/C22H22N2O3S/c1-14(2)17-11-7-8-12-18(17)27-13-19(26)23-22-24-20(21(28-22)15(3)25)16-9-5-4-6-10-16/h4-12,14H,13H2,1-3H3,(H,23,24,26). The van der Waals surface area contributed by atoms with E-state index in [2.05, 4.69) is 24.1 Å². The summed E-state index contributed by atoms with van der Waals surface area (Å²) in [6.45, 7) is 5.52. The molecule has 0 radical (unpaired) electrons. The van der Waals surface area contributed by atoms with Gasteiger partial charge in [-0.1, -0.05) is 73.7 Å². The molecule has 1 amide bonds. The number of aromatic nitrogens is 1. The summed E-state index contributed by atoms with van der Waals surface area (Å²) in [5.41, 5.74) is 2.47. The number of nitrogens with one attached hydrogen (secondary N) is 1. The van der Waals surface area contributed by atoms with Crippen LogP contribution in [-0.4, -0.2) is 23.3 Å². The molecule has 1 aromatic heterocycles. The number of thiazole rings is 1. The minimum absolute atomic E-state index is 0.0843. The Hall–Kier alpha value is -2.99. The van der Waals surface area contributed by atoms with Crippen LogP contribution in [0.2, 0.25) is 0 Å². The molecule has 0 aliphatic carbocycles. The number of carbonyl (C=O) groups is 2. The van der Waals surface area contributed by atoms with Gasteiger partial charge in [-0.25, -0.2) is 4.98 Å². The van der Waals surface area contributed by atoms with Gasteiger partial charge in [-0.15, -0.1) is 0 Å². The van der Waals surface area contributed by atoms with Gasteiger partial charge in [0.05, 0.1) is 10.6 Å². The monoisotopic (exact) mass is 394 g/mol. The molecule has 0 atom stereocenters. The number of ether oxygens (including phenoxy) is 1. The normalized spacial score (nSPS) is 10.7. The number of anilines is 1. The van der Waals surface area contributed by atoms with Gasteiger partial charge in [-0.2, -0.15) is 0 Å². The van der Waals surface area contributed by atoms with Crippen molar-refractivity contribution in [2.75, 3.05) is 11.9 Å². The summed E-state index contributed by atoms with van der Waals surface area (Å²) >= 11 is 1.17. The molecule has 0 unspecified atom stereocenters. The first-order valence-electron chi connectivity index (χ1n) is 9.04. The number of carbonyl (C=O) groups excluding carboxylic acids is 2. The van der Waals surface area contributed by atoms with Gasteiger partial charge in [0.15, 0.2) is 17.5 Å². The third-order valence-corrected chi connectivity index (χ3v) is 5.21. The Morgan fingerprint density at radius 3 is 2.43 bits per heavy atom. The SMILES string of the molecule is CC(=O)c1sc(NC(=O)COc2ccccc2C(C)C)nc1-c1ccccc1. The van der Waals surface area contributed by atoms with Crippen LogP contribution in [0.1, 0.15) is 41.9 Å². The second-order valence-electron chi connectivity index (χ2n) is 6.65. The van der Waals surface area contributed by atoms with Crippen LogP contribution >= 0.6 is 11.3 Å². The van der Waals surface area contributed by atoms with Crippen molar-refractivity contribution < 1.29 is 14.3 Å². The molecule has 1 heterocycles. The van der Waals surface area contributed by atoms with E-state index in [0.29, 0.717) is 27.4 Å². The van der Waals surface area contributed by atoms with E-state index < -0.39 is 0 Å². The maximum Gasteiger partial charge on any atom is 0.264 e. The summed E-state index contributed by atoms with van der Waals surface area (Å²) < 4.78 is 5.70. The number of hydrogen-bond donors (Lipinski definition) is 1. The number of rotatable bonds is 7. The van der Waals surface area contributed by atoms with Gasteiger partial charge >= 0.3 is 0 Å². The molecule has 6 heteroatoms. The van der Waals surface area contributed by atoms with Crippen molar-refractivity contribution in [3.8, 4) is 17.0 Å². The van der Waals surface area contributed by atoms with Crippen LogP contribution in [-0.2, 0) is 4.79 Å². The van der Waals surface area contributed by atoms with E-state index in [1.807, 2.05) is 54.6 Å². The van der Waals surface area contributed by atoms with E-state index in [1.54, 1.807) is 0 Å².